The second kappa shape index (κ2) is 7.36. The number of anilines is 2. The Morgan fingerprint density at radius 3 is 2.38 bits per heavy atom. The maximum atomic E-state index is 12.3. The van der Waals surface area contributed by atoms with Gasteiger partial charge in [-0.2, -0.15) is 0 Å². The number of nitrogens with two attached hydrogens (primary N) is 1. The molecule has 0 unspecified atom stereocenters. The molecule has 0 spiro atoms. The van der Waals surface area contributed by atoms with E-state index in [4.69, 9.17) is 5.14 Å². The molecule has 0 radical (unpaired) electrons. The molecule has 138 valence electrons. The van der Waals surface area contributed by atoms with Gasteiger partial charge in [-0.05, 0) is 31.3 Å². The molecule has 3 rings (SSSR count). The lowest BCUT2D eigenvalue weighted by atomic mass is 10.2. The maximum absolute atomic E-state index is 12.3. The van der Waals surface area contributed by atoms with Crippen molar-refractivity contribution in [3.05, 3.63) is 42.2 Å². The fourth-order valence-corrected chi connectivity index (χ4v) is 3.12. The average molecular weight is 376 g/mol. The first-order valence-corrected chi connectivity index (χ1v) is 9.57. The molecule has 1 aliphatic heterocycles. The van der Waals surface area contributed by atoms with E-state index in [1.54, 1.807) is 6.07 Å². The molecule has 1 fully saturated rings. The lowest BCUT2D eigenvalue weighted by Crippen LogP contribution is -2.44. The quantitative estimate of drug-likeness (QED) is 0.778. The van der Waals surface area contributed by atoms with Crippen LogP contribution in [0.15, 0.2) is 41.6 Å². The van der Waals surface area contributed by atoms with Gasteiger partial charge in [-0.25, -0.2) is 23.5 Å². The van der Waals surface area contributed by atoms with Crippen LogP contribution in [0.4, 0.5) is 11.6 Å². The van der Waals surface area contributed by atoms with Gasteiger partial charge in [0, 0.05) is 37.8 Å². The van der Waals surface area contributed by atoms with Crippen LogP contribution >= 0.6 is 0 Å². The third-order valence-electron chi connectivity index (χ3n) is 4.17. The maximum Gasteiger partial charge on any atom is 0.256 e. The number of hydrogen-bond donors (Lipinski definition) is 2. The number of amides is 1. The Morgan fingerprint density at radius 2 is 1.77 bits per heavy atom. The van der Waals surface area contributed by atoms with Gasteiger partial charge in [0.05, 0.1) is 4.90 Å². The zero-order valence-corrected chi connectivity index (χ0v) is 15.1. The number of aromatic nitrogens is 2. The molecular weight excluding hydrogens is 356 g/mol. The van der Waals surface area contributed by atoms with E-state index in [0.29, 0.717) is 11.4 Å². The Morgan fingerprint density at radius 1 is 1.12 bits per heavy atom. The zero-order valence-electron chi connectivity index (χ0n) is 14.3. The van der Waals surface area contributed by atoms with E-state index in [1.165, 1.54) is 30.6 Å². The second-order valence-corrected chi connectivity index (χ2v) is 7.64. The van der Waals surface area contributed by atoms with Crippen molar-refractivity contribution >= 4 is 27.6 Å². The minimum atomic E-state index is -3.79. The summed E-state index contributed by atoms with van der Waals surface area (Å²) >= 11 is 0. The molecule has 1 aliphatic rings. The molecule has 1 aromatic carbocycles. The molecule has 3 N–H and O–H groups in total. The number of nitrogens with zero attached hydrogens (tertiary/aromatic N) is 4. The summed E-state index contributed by atoms with van der Waals surface area (Å²) < 4.78 is 22.5. The van der Waals surface area contributed by atoms with Crippen molar-refractivity contribution in [3.63, 3.8) is 0 Å². The van der Waals surface area contributed by atoms with Crippen LogP contribution in [0.3, 0.4) is 0 Å². The monoisotopic (exact) mass is 376 g/mol. The Bertz CT molecular complexity index is 892. The number of carbonyl (C=O) groups is 1. The first-order valence-electron chi connectivity index (χ1n) is 8.03. The minimum Gasteiger partial charge on any atom is -0.354 e. The van der Waals surface area contributed by atoms with E-state index in [0.717, 1.165) is 32.0 Å². The molecular formula is C16H20N6O3S. The van der Waals surface area contributed by atoms with Crippen LogP contribution in [0.25, 0.3) is 0 Å². The number of likely N-dealkylation sites (N-methyl/N-ethyl adjacent to an activating group) is 1. The van der Waals surface area contributed by atoms with Gasteiger partial charge in [0.1, 0.15) is 18.0 Å². The largest absolute Gasteiger partial charge is 0.354 e. The van der Waals surface area contributed by atoms with Crippen molar-refractivity contribution in [2.75, 3.05) is 43.4 Å². The van der Waals surface area contributed by atoms with Crippen LogP contribution in [0.5, 0.6) is 0 Å². The van der Waals surface area contributed by atoms with Crippen molar-refractivity contribution in [2.45, 2.75) is 4.90 Å². The molecule has 1 amide bonds. The van der Waals surface area contributed by atoms with Crippen molar-refractivity contribution in [3.8, 4) is 0 Å². The van der Waals surface area contributed by atoms with Crippen LogP contribution in [0, 0.1) is 0 Å². The summed E-state index contributed by atoms with van der Waals surface area (Å²) in [6, 6.07) is 7.11. The van der Waals surface area contributed by atoms with E-state index in [-0.39, 0.29) is 4.90 Å². The number of benzene rings is 1. The molecule has 26 heavy (non-hydrogen) atoms. The minimum absolute atomic E-state index is 0.0477. The molecule has 2 aromatic rings. The van der Waals surface area contributed by atoms with Gasteiger partial charge < -0.3 is 15.1 Å². The SMILES string of the molecule is CN1CCN(c2cc(NC(=O)c3ccc(S(N)(=O)=O)cc3)ncn2)CC1. The van der Waals surface area contributed by atoms with E-state index >= 15 is 0 Å². The second-order valence-electron chi connectivity index (χ2n) is 6.08. The van der Waals surface area contributed by atoms with Gasteiger partial charge in [-0.1, -0.05) is 0 Å². The standard InChI is InChI=1S/C16H20N6O3S/c1-21-6-8-22(9-7-21)15-10-14(18-11-19-15)20-16(23)12-2-4-13(5-3-12)26(17,24)25/h2-5,10-11H,6-9H2,1H3,(H2,17,24,25)(H,18,19,20,23). The highest BCUT2D eigenvalue weighted by atomic mass is 32.2. The van der Waals surface area contributed by atoms with Crippen molar-refractivity contribution in [2.24, 2.45) is 5.14 Å². The first-order chi connectivity index (χ1) is 12.3. The molecule has 9 nitrogen and oxygen atoms in total. The highest BCUT2D eigenvalue weighted by Gasteiger charge is 2.16. The van der Waals surface area contributed by atoms with Gasteiger partial charge in [-0.3, -0.25) is 4.79 Å². The van der Waals surface area contributed by atoms with Crippen LogP contribution in [0.1, 0.15) is 10.4 Å². The molecule has 0 bridgehead atoms. The van der Waals surface area contributed by atoms with Gasteiger partial charge in [0.2, 0.25) is 10.0 Å². The Kier molecular flexibility index (Phi) is 5.16. The predicted octanol–water partition coefficient (Wildman–Crippen LogP) is 0.128. The zero-order chi connectivity index (χ0) is 18.7. The van der Waals surface area contributed by atoms with Crippen LogP contribution < -0.4 is 15.4 Å². The lowest BCUT2D eigenvalue weighted by Gasteiger charge is -2.33. The molecule has 1 aromatic heterocycles. The van der Waals surface area contributed by atoms with Crippen molar-refractivity contribution in [1.29, 1.82) is 0 Å². The van der Waals surface area contributed by atoms with Crippen molar-refractivity contribution < 1.29 is 13.2 Å². The highest BCUT2D eigenvalue weighted by molar-refractivity contribution is 7.89. The van der Waals surface area contributed by atoms with Gasteiger partial charge in [-0.15, -0.1) is 0 Å². The van der Waals surface area contributed by atoms with Crippen LogP contribution in [-0.4, -0.2) is 62.4 Å². The molecule has 0 saturated carbocycles. The summed E-state index contributed by atoms with van der Waals surface area (Å²) in [6.07, 6.45) is 1.41. The fraction of sp³-hybridized carbons (Fsp3) is 0.312. The van der Waals surface area contributed by atoms with E-state index in [9.17, 15) is 13.2 Å². The van der Waals surface area contributed by atoms with Crippen LogP contribution in [-0.2, 0) is 10.0 Å². The summed E-state index contributed by atoms with van der Waals surface area (Å²) in [5.74, 6) is 0.747. The molecule has 1 saturated heterocycles. The predicted molar refractivity (Wildman–Crippen MR) is 97.5 cm³/mol. The van der Waals surface area contributed by atoms with E-state index in [1.807, 2.05) is 0 Å². The summed E-state index contributed by atoms with van der Waals surface area (Å²) in [6.45, 7) is 3.61. The number of rotatable bonds is 4. The number of sulfonamides is 1. The Hall–Kier alpha value is -2.56. The normalized spacial score (nSPS) is 15.7. The molecule has 0 aliphatic carbocycles. The smallest absolute Gasteiger partial charge is 0.256 e. The van der Waals surface area contributed by atoms with Crippen LogP contribution in [0.2, 0.25) is 0 Å². The highest BCUT2D eigenvalue weighted by Crippen LogP contribution is 2.17. The van der Waals surface area contributed by atoms with E-state index < -0.39 is 15.9 Å². The lowest BCUT2D eigenvalue weighted by molar-refractivity contribution is 0.102. The Balaban J connectivity index is 1.70. The molecule has 10 heteroatoms. The summed E-state index contributed by atoms with van der Waals surface area (Å²) in [5.41, 5.74) is 0.303. The van der Waals surface area contributed by atoms with Gasteiger partial charge in [0.25, 0.3) is 5.91 Å². The molecule has 2 heterocycles. The first kappa shape index (κ1) is 18.2. The topological polar surface area (TPSA) is 122 Å². The number of piperazine rings is 1. The summed E-state index contributed by atoms with van der Waals surface area (Å²) in [7, 11) is -1.71. The number of primary sulfonamides is 1. The van der Waals surface area contributed by atoms with Crippen molar-refractivity contribution in [1.82, 2.24) is 14.9 Å². The number of hydrogen-bond acceptors (Lipinski definition) is 7. The number of nitrogens with one attached hydrogen (secondary N) is 1. The molecule has 0 atom stereocenters. The fourth-order valence-electron chi connectivity index (χ4n) is 2.61. The average Bonchev–Trinajstić information content (AvgIpc) is 2.62. The Labute approximate surface area is 151 Å². The summed E-state index contributed by atoms with van der Waals surface area (Å²) in [4.78, 5) is 25.0. The van der Waals surface area contributed by atoms with Gasteiger partial charge >= 0.3 is 0 Å². The third kappa shape index (κ3) is 4.34. The number of carbonyl (C=O) groups excluding carboxylic acids is 1. The summed E-state index contributed by atoms with van der Waals surface area (Å²) in [5, 5.41) is 7.75. The third-order valence-corrected chi connectivity index (χ3v) is 5.10. The van der Waals surface area contributed by atoms with E-state index in [2.05, 4.69) is 32.1 Å². The van der Waals surface area contributed by atoms with Gasteiger partial charge in [0.15, 0.2) is 0 Å².